The number of fused-ring (bicyclic) bond motifs is 1. The minimum absolute atomic E-state index is 0.173. The molecule has 0 aliphatic rings. The summed E-state index contributed by atoms with van der Waals surface area (Å²) in [6, 6.07) is 14.7. The van der Waals surface area contributed by atoms with E-state index < -0.39 is 0 Å². The highest BCUT2D eigenvalue weighted by atomic mass is 16.5. The summed E-state index contributed by atoms with van der Waals surface area (Å²) in [5.74, 6) is -0.420. The van der Waals surface area contributed by atoms with Crippen molar-refractivity contribution in [2.75, 3.05) is 25.1 Å². The lowest BCUT2D eigenvalue weighted by molar-refractivity contribution is 0.0943. The number of nitrogens with one attached hydrogen (secondary N) is 3. The summed E-state index contributed by atoms with van der Waals surface area (Å²) in [7, 11) is 0. The second kappa shape index (κ2) is 9.19. The summed E-state index contributed by atoms with van der Waals surface area (Å²) >= 11 is 0. The van der Waals surface area contributed by atoms with Crippen LogP contribution in [0, 0.1) is 6.92 Å². The fraction of sp³-hybridized carbons (Fsp3) is 0.273. The van der Waals surface area contributed by atoms with E-state index in [2.05, 4.69) is 15.6 Å². The fourth-order valence-electron chi connectivity index (χ4n) is 2.92. The number of amides is 2. The van der Waals surface area contributed by atoms with E-state index >= 15 is 0 Å². The summed E-state index contributed by atoms with van der Waals surface area (Å²) < 4.78 is 5.25. The number of aryl methyl sites for hydroxylation is 1. The van der Waals surface area contributed by atoms with Crippen molar-refractivity contribution >= 4 is 28.4 Å². The normalized spacial score (nSPS) is 10.8. The lowest BCUT2D eigenvalue weighted by Crippen LogP contribution is -2.25. The molecule has 3 rings (SSSR count). The van der Waals surface area contributed by atoms with Crippen LogP contribution in [0.2, 0.25) is 0 Å². The van der Waals surface area contributed by atoms with Gasteiger partial charge in [0.05, 0.1) is 0 Å². The minimum Gasteiger partial charge on any atom is -0.382 e. The van der Waals surface area contributed by atoms with Gasteiger partial charge < -0.3 is 20.4 Å². The first-order valence-corrected chi connectivity index (χ1v) is 9.43. The Kier molecular flexibility index (Phi) is 6.45. The topological polar surface area (TPSA) is 83.2 Å². The van der Waals surface area contributed by atoms with Crippen LogP contribution in [0.25, 0.3) is 10.9 Å². The Bertz CT molecular complexity index is 978. The van der Waals surface area contributed by atoms with Gasteiger partial charge in [0.1, 0.15) is 5.69 Å². The Morgan fingerprint density at radius 1 is 1.07 bits per heavy atom. The summed E-state index contributed by atoms with van der Waals surface area (Å²) in [5.41, 5.74) is 3.60. The Morgan fingerprint density at radius 3 is 2.75 bits per heavy atom. The van der Waals surface area contributed by atoms with Crippen LogP contribution in [-0.4, -0.2) is 36.6 Å². The van der Waals surface area contributed by atoms with Crippen molar-refractivity contribution in [3.05, 3.63) is 65.4 Å². The van der Waals surface area contributed by atoms with Crippen molar-refractivity contribution in [1.82, 2.24) is 10.3 Å². The Balaban J connectivity index is 1.63. The van der Waals surface area contributed by atoms with Gasteiger partial charge in [-0.05, 0) is 56.2 Å². The first-order valence-electron chi connectivity index (χ1n) is 9.43. The molecule has 28 heavy (non-hydrogen) atoms. The highest BCUT2D eigenvalue weighted by Crippen LogP contribution is 2.18. The molecular formula is C22H25N3O3. The highest BCUT2D eigenvalue weighted by molar-refractivity contribution is 6.06. The predicted molar refractivity (Wildman–Crippen MR) is 111 cm³/mol. The van der Waals surface area contributed by atoms with E-state index in [0.29, 0.717) is 36.7 Å². The molecule has 0 aliphatic heterocycles. The lowest BCUT2D eigenvalue weighted by atomic mass is 10.1. The number of ether oxygens (including phenoxy) is 1. The first-order chi connectivity index (χ1) is 13.6. The molecule has 3 N–H and O–H groups in total. The number of rotatable bonds is 8. The van der Waals surface area contributed by atoms with Gasteiger partial charge in [-0.3, -0.25) is 9.59 Å². The largest absolute Gasteiger partial charge is 0.382 e. The van der Waals surface area contributed by atoms with Gasteiger partial charge in [0, 0.05) is 41.9 Å². The molecule has 6 heteroatoms. The van der Waals surface area contributed by atoms with Crippen molar-refractivity contribution in [2.45, 2.75) is 20.3 Å². The average Bonchev–Trinajstić information content (AvgIpc) is 3.11. The first kappa shape index (κ1) is 19.6. The number of hydrogen-bond donors (Lipinski definition) is 3. The number of carbonyl (C=O) groups excluding carboxylic acids is 2. The SMILES string of the molecule is CCOCCCNC(=O)c1cccc(NC(=O)c2cc3ccc(C)cc3[nH]2)c1. The van der Waals surface area contributed by atoms with Gasteiger partial charge in [0.2, 0.25) is 0 Å². The van der Waals surface area contributed by atoms with Crippen molar-refractivity contribution < 1.29 is 14.3 Å². The molecule has 0 bridgehead atoms. The standard InChI is InChI=1S/C22H25N3O3/c1-3-28-11-5-10-23-21(26)17-6-4-7-18(13-17)24-22(27)20-14-16-9-8-15(2)12-19(16)25-20/h4,6-9,12-14,25H,3,5,10-11H2,1-2H3,(H,23,26)(H,24,27). The zero-order valence-corrected chi connectivity index (χ0v) is 16.2. The molecule has 0 aliphatic carbocycles. The van der Waals surface area contributed by atoms with Crippen molar-refractivity contribution in [2.24, 2.45) is 0 Å². The van der Waals surface area contributed by atoms with Crippen molar-refractivity contribution in [3.8, 4) is 0 Å². The number of H-pyrrole nitrogens is 1. The van der Waals surface area contributed by atoms with Crippen LogP contribution in [0.5, 0.6) is 0 Å². The minimum atomic E-state index is -0.247. The van der Waals surface area contributed by atoms with Gasteiger partial charge in [0.15, 0.2) is 0 Å². The molecule has 2 amide bonds. The summed E-state index contributed by atoms with van der Waals surface area (Å²) in [4.78, 5) is 28.0. The molecule has 0 saturated carbocycles. The maximum Gasteiger partial charge on any atom is 0.272 e. The van der Waals surface area contributed by atoms with E-state index in [9.17, 15) is 9.59 Å². The molecule has 0 spiro atoms. The maximum atomic E-state index is 12.6. The Hall–Kier alpha value is -3.12. The smallest absolute Gasteiger partial charge is 0.272 e. The number of aromatic amines is 1. The van der Waals surface area contributed by atoms with Crippen molar-refractivity contribution in [3.63, 3.8) is 0 Å². The molecule has 0 radical (unpaired) electrons. The number of benzene rings is 2. The molecule has 1 aromatic heterocycles. The van der Waals surface area contributed by atoms with E-state index in [-0.39, 0.29) is 11.8 Å². The molecule has 6 nitrogen and oxygen atoms in total. The van der Waals surface area contributed by atoms with E-state index in [1.807, 2.05) is 38.1 Å². The molecule has 3 aromatic rings. The highest BCUT2D eigenvalue weighted by Gasteiger charge is 2.11. The second-order valence-electron chi connectivity index (χ2n) is 6.62. The van der Waals surface area contributed by atoms with Crippen LogP contribution in [0.4, 0.5) is 5.69 Å². The Labute approximate surface area is 164 Å². The maximum absolute atomic E-state index is 12.6. The number of aromatic nitrogens is 1. The number of carbonyl (C=O) groups is 2. The van der Waals surface area contributed by atoms with Crippen molar-refractivity contribution in [1.29, 1.82) is 0 Å². The molecular weight excluding hydrogens is 354 g/mol. The third-order valence-electron chi connectivity index (χ3n) is 4.36. The van der Waals surface area contributed by atoms with Crippen LogP contribution in [0.1, 0.15) is 39.8 Å². The second-order valence-corrected chi connectivity index (χ2v) is 6.62. The Morgan fingerprint density at radius 2 is 1.93 bits per heavy atom. The van der Waals surface area contributed by atoms with Gasteiger partial charge >= 0.3 is 0 Å². The summed E-state index contributed by atoms with van der Waals surface area (Å²) in [5, 5.41) is 6.68. The van der Waals surface area contributed by atoms with E-state index in [0.717, 1.165) is 22.9 Å². The van der Waals surface area contributed by atoms with Crippen LogP contribution in [-0.2, 0) is 4.74 Å². The summed E-state index contributed by atoms with van der Waals surface area (Å²) in [6.45, 7) is 5.79. The molecule has 146 valence electrons. The van der Waals surface area contributed by atoms with Gasteiger partial charge in [0.25, 0.3) is 11.8 Å². The zero-order chi connectivity index (χ0) is 19.9. The average molecular weight is 379 g/mol. The number of hydrogen-bond acceptors (Lipinski definition) is 3. The molecule has 0 unspecified atom stereocenters. The lowest BCUT2D eigenvalue weighted by Gasteiger charge is -2.08. The van der Waals surface area contributed by atoms with E-state index in [4.69, 9.17) is 4.74 Å². The third-order valence-corrected chi connectivity index (χ3v) is 4.36. The quantitative estimate of drug-likeness (QED) is 0.519. The van der Waals surface area contributed by atoms with E-state index in [1.54, 1.807) is 24.3 Å². The third kappa shape index (κ3) is 4.98. The molecule has 0 atom stereocenters. The molecule has 2 aromatic carbocycles. The van der Waals surface area contributed by atoms with Crippen LogP contribution >= 0.6 is 0 Å². The van der Waals surface area contributed by atoms with Gasteiger partial charge in [-0.1, -0.05) is 18.2 Å². The fourth-order valence-corrected chi connectivity index (χ4v) is 2.92. The summed E-state index contributed by atoms with van der Waals surface area (Å²) in [6.07, 6.45) is 0.760. The van der Waals surface area contributed by atoms with E-state index in [1.165, 1.54) is 0 Å². The molecule has 0 saturated heterocycles. The van der Waals surface area contributed by atoms with Crippen LogP contribution < -0.4 is 10.6 Å². The van der Waals surface area contributed by atoms with Gasteiger partial charge in [-0.2, -0.15) is 0 Å². The van der Waals surface area contributed by atoms with Crippen LogP contribution in [0.3, 0.4) is 0 Å². The molecule has 0 fully saturated rings. The number of anilines is 1. The van der Waals surface area contributed by atoms with Crippen LogP contribution in [0.15, 0.2) is 48.5 Å². The predicted octanol–water partition coefficient (Wildman–Crippen LogP) is 3.89. The zero-order valence-electron chi connectivity index (χ0n) is 16.2. The molecule has 1 heterocycles. The van der Waals surface area contributed by atoms with Gasteiger partial charge in [-0.15, -0.1) is 0 Å². The van der Waals surface area contributed by atoms with Gasteiger partial charge in [-0.25, -0.2) is 0 Å². The monoisotopic (exact) mass is 379 g/mol.